The molecule has 2 aromatic rings. The quantitative estimate of drug-likeness (QED) is 0.733. The van der Waals surface area contributed by atoms with Crippen molar-refractivity contribution >= 4 is 11.6 Å². The van der Waals surface area contributed by atoms with Crippen LogP contribution in [0.1, 0.15) is 22.7 Å². The third kappa shape index (κ3) is 3.13. The van der Waals surface area contributed by atoms with Crippen LogP contribution in [0.3, 0.4) is 0 Å². The maximum atomic E-state index is 13.0. The van der Waals surface area contributed by atoms with Crippen LogP contribution in [0, 0.1) is 0 Å². The van der Waals surface area contributed by atoms with E-state index in [2.05, 4.69) is 5.32 Å². The number of benzene rings is 2. The van der Waals surface area contributed by atoms with Crippen molar-refractivity contribution in [3.05, 3.63) is 82.6 Å². The fourth-order valence-electron chi connectivity index (χ4n) is 2.78. The van der Waals surface area contributed by atoms with E-state index in [1.807, 2.05) is 0 Å². The van der Waals surface area contributed by atoms with Gasteiger partial charge in [0.25, 0.3) is 5.91 Å². The minimum absolute atomic E-state index is 0.0937. The van der Waals surface area contributed by atoms with Crippen LogP contribution in [0.4, 0.5) is 13.2 Å². The van der Waals surface area contributed by atoms with E-state index in [0.29, 0.717) is 5.56 Å². The van der Waals surface area contributed by atoms with Gasteiger partial charge < -0.3 is 11.1 Å². The number of nitrogens with two attached hydrogens (primary N) is 2. The topological polar surface area (TPSA) is 80.7 Å². The first-order chi connectivity index (χ1) is 11.8. The number of alkyl halides is 3. The summed E-state index contributed by atoms with van der Waals surface area (Å²) in [6.07, 6.45) is -4.48. The Morgan fingerprint density at radius 1 is 1.08 bits per heavy atom. The molecule has 1 aliphatic heterocycles. The van der Waals surface area contributed by atoms with Crippen molar-refractivity contribution in [2.45, 2.75) is 12.2 Å². The standard InChI is InChI=1S/C18H14F3N3O/c19-18(20,21)12-8-4-7-11(9-12)16-13(15(23)17(25)24-16)14(22)10-5-2-1-3-6-10/h1-9,16,22H,23H2,(H,24,25)/p+1. The number of halogens is 3. The van der Waals surface area contributed by atoms with Crippen molar-refractivity contribution in [3.63, 3.8) is 0 Å². The largest absolute Gasteiger partial charge is 0.416 e. The first-order valence-electron chi connectivity index (χ1n) is 7.45. The summed E-state index contributed by atoms with van der Waals surface area (Å²) in [4.78, 5) is 12.0. The molecule has 0 aliphatic carbocycles. The molecule has 0 radical (unpaired) electrons. The van der Waals surface area contributed by atoms with Gasteiger partial charge in [0.15, 0.2) is 0 Å². The van der Waals surface area contributed by atoms with Gasteiger partial charge in [-0.15, -0.1) is 0 Å². The van der Waals surface area contributed by atoms with Crippen LogP contribution in [-0.2, 0) is 11.0 Å². The molecule has 2 aromatic carbocycles. The number of nitrogens with one attached hydrogen (secondary N) is 1. The van der Waals surface area contributed by atoms with Crippen molar-refractivity contribution < 1.29 is 23.4 Å². The van der Waals surface area contributed by atoms with Crippen molar-refractivity contribution in [2.75, 3.05) is 0 Å². The SMILES string of the molecule is NC1=C(C(=[NH2+])c2ccccc2)C(c2cccc(C(F)(F)F)c2)NC1=O. The van der Waals surface area contributed by atoms with Crippen LogP contribution < -0.4 is 16.5 Å². The number of rotatable bonds is 3. The molecule has 3 rings (SSSR count). The molecule has 1 unspecified atom stereocenters. The highest BCUT2D eigenvalue weighted by molar-refractivity contribution is 6.16. The fraction of sp³-hybridized carbons (Fsp3) is 0.111. The van der Waals surface area contributed by atoms with Gasteiger partial charge in [0.2, 0.25) is 5.71 Å². The van der Waals surface area contributed by atoms with Crippen LogP contribution in [-0.4, -0.2) is 11.6 Å². The Bertz CT molecular complexity index is 873. The second-order valence-electron chi connectivity index (χ2n) is 5.64. The zero-order chi connectivity index (χ0) is 18.2. The summed E-state index contributed by atoms with van der Waals surface area (Å²) in [6, 6.07) is 12.7. The number of hydrogen-bond donors (Lipinski definition) is 3. The van der Waals surface area contributed by atoms with Crippen LogP contribution in [0.2, 0.25) is 0 Å². The van der Waals surface area contributed by atoms with Crippen LogP contribution >= 0.6 is 0 Å². The molecular weight excluding hydrogens is 331 g/mol. The third-order valence-corrected chi connectivity index (χ3v) is 4.02. The summed E-state index contributed by atoms with van der Waals surface area (Å²) in [5, 5.41) is 8.76. The number of amides is 1. The number of hydrogen-bond acceptors (Lipinski definition) is 2. The van der Waals surface area contributed by atoms with Crippen LogP contribution in [0.15, 0.2) is 65.9 Å². The lowest BCUT2D eigenvalue weighted by Crippen LogP contribution is -2.43. The van der Waals surface area contributed by atoms with E-state index in [1.165, 1.54) is 12.1 Å². The molecule has 0 aromatic heterocycles. The van der Waals surface area contributed by atoms with Crippen molar-refractivity contribution in [1.82, 2.24) is 5.32 Å². The van der Waals surface area contributed by atoms with Gasteiger partial charge in [-0.3, -0.25) is 10.2 Å². The zero-order valence-corrected chi connectivity index (χ0v) is 13.0. The van der Waals surface area contributed by atoms with Gasteiger partial charge in [-0.2, -0.15) is 13.2 Å². The molecule has 0 spiro atoms. The summed E-state index contributed by atoms with van der Waals surface area (Å²) >= 11 is 0. The molecule has 25 heavy (non-hydrogen) atoms. The van der Waals surface area contributed by atoms with Crippen molar-refractivity contribution in [3.8, 4) is 0 Å². The van der Waals surface area contributed by atoms with E-state index in [4.69, 9.17) is 11.1 Å². The van der Waals surface area contributed by atoms with E-state index < -0.39 is 23.7 Å². The number of carbonyl (C=O) groups is 1. The van der Waals surface area contributed by atoms with E-state index in [0.717, 1.165) is 12.1 Å². The Kier molecular flexibility index (Phi) is 4.08. The Balaban J connectivity index is 2.05. The third-order valence-electron chi connectivity index (χ3n) is 4.02. The number of carbonyl (C=O) groups excluding carboxylic acids is 1. The lowest BCUT2D eigenvalue weighted by Gasteiger charge is -2.16. The molecule has 1 atom stereocenters. The van der Waals surface area contributed by atoms with Crippen LogP contribution in [0.5, 0.6) is 0 Å². The summed E-state index contributed by atoms with van der Waals surface area (Å²) < 4.78 is 38.9. The maximum absolute atomic E-state index is 13.0. The van der Waals surface area contributed by atoms with Gasteiger partial charge >= 0.3 is 6.18 Å². The molecule has 1 heterocycles. The summed E-state index contributed by atoms with van der Waals surface area (Å²) in [6.45, 7) is 0. The first-order valence-corrected chi connectivity index (χ1v) is 7.45. The molecule has 0 fully saturated rings. The average molecular weight is 346 g/mol. The molecular formula is C18H15F3N3O+. The molecule has 128 valence electrons. The minimum Gasteiger partial charge on any atom is -0.394 e. The molecule has 1 aliphatic rings. The highest BCUT2D eigenvalue weighted by atomic mass is 19.4. The van der Waals surface area contributed by atoms with E-state index in [1.54, 1.807) is 30.3 Å². The lowest BCUT2D eigenvalue weighted by molar-refractivity contribution is -0.137. The molecule has 7 heteroatoms. The Hall–Kier alpha value is -3.09. The molecule has 4 nitrogen and oxygen atoms in total. The monoisotopic (exact) mass is 346 g/mol. The van der Waals surface area contributed by atoms with Gasteiger partial charge in [-0.25, -0.2) is 0 Å². The molecule has 0 saturated heterocycles. The van der Waals surface area contributed by atoms with E-state index in [9.17, 15) is 18.0 Å². The lowest BCUT2D eigenvalue weighted by atomic mass is 9.92. The average Bonchev–Trinajstić information content (AvgIpc) is 2.90. The molecule has 0 bridgehead atoms. The van der Waals surface area contributed by atoms with Crippen molar-refractivity contribution in [1.29, 1.82) is 0 Å². The smallest absolute Gasteiger partial charge is 0.394 e. The summed E-state index contributed by atoms with van der Waals surface area (Å²) in [5.74, 6) is -0.559. The second kappa shape index (κ2) is 6.08. The van der Waals surface area contributed by atoms with Gasteiger partial charge in [-0.1, -0.05) is 30.3 Å². The Morgan fingerprint density at radius 2 is 1.76 bits per heavy atom. The van der Waals surface area contributed by atoms with E-state index >= 15 is 0 Å². The molecule has 5 N–H and O–H groups in total. The van der Waals surface area contributed by atoms with E-state index in [-0.39, 0.29) is 22.5 Å². The fourth-order valence-corrected chi connectivity index (χ4v) is 2.78. The van der Waals surface area contributed by atoms with Crippen LogP contribution in [0.25, 0.3) is 0 Å². The van der Waals surface area contributed by atoms with Crippen molar-refractivity contribution in [2.24, 2.45) is 5.73 Å². The zero-order valence-electron chi connectivity index (χ0n) is 13.0. The summed E-state index contributed by atoms with van der Waals surface area (Å²) in [7, 11) is 0. The second-order valence-corrected chi connectivity index (χ2v) is 5.64. The predicted octanol–water partition coefficient (Wildman–Crippen LogP) is 1.34. The summed E-state index contributed by atoms with van der Waals surface area (Å²) in [5.41, 5.74) is 6.39. The highest BCUT2D eigenvalue weighted by Gasteiger charge is 2.38. The predicted molar refractivity (Wildman–Crippen MR) is 86.0 cm³/mol. The highest BCUT2D eigenvalue weighted by Crippen LogP contribution is 2.34. The Morgan fingerprint density at radius 3 is 2.40 bits per heavy atom. The van der Waals surface area contributed by atoms with Gasteiger partial charge in [-0.05, 0) is 29.8 Å². The molecule has 0 saturated carbocycles. The van der Waals surface area contributed by atoms with Gasteiger partial charge in [0, 0.05) is 5.56 Å². The van der Waals surface area contributed by atoms with Gasteiger partial charge in [0.1, 0.15) is 5.70 Å². The Labute approximate surface area is 141 Å². The molecule has 1 amide bonds. The van der Waals surface area contributed by atoms with Gasteiger partial charge in [0.05, 0.1) is 17.2 Å². The maximum Gasteiger partial charge on any atom is 0.416 e. The first kappa shape index (κ1) is 16.8. The normalized spacial score (nSPS) is 17.6. The minimum atomic E-state index is -4.48.